The molecule has 2 heteroatoms. The molecule has 0 nitrogen and oxygen atoms in total. The highest BCUT2D eigenvalue weighted by atomic mass is 35.5. The first kappa shape index (κ1) is 14.4. The summed E-state index contributed by atoms with van der Waals surface area (Å²) in [5.74, 6) is 0. The van der Waals surface area contributed by atoms with E-state index in [1.807, 2.05) is 0 Å². The topological polar surface area (TPSA) is 0 Å². The molecule has 0 spiro atoms. The predicted octanol–water partition coefficient (Wildman–Crippen LogP) is 3.31. The average Bonchev–Trinajstić information content (AvgIpc) is 2.40. The molecule has 0 aliphatic rings. The second-order valence-corrected chi connectivity index (χ2v) is 8.21. The van der Waals surface area contributed by atoms with Gasteiger partial charge in [-0.2, -0.15) is 0 Å². The zero-order chi connectivity index (χ0) is 14.0. The van der Waals surface area contributed by atoms with Crippen molar-refractivity contribution in [2.45, 2.75) is 27.7 Å². The van der Waals surface area contributed by atoms with Crippen LogP contribution in [0.4, 0.5) is 0 Å². The smallest absolute Gasteiger partial charge is 0.130 e. The first-order chi connectivity index (χ1) is 9.06. The van der Waals surface area contributed by atoms with E-state index in [9.17, 15) is 0 Å². The summed E-state index contributed by atoms with van der Waals surface area (Å²) in [6.45, 7) is 8.78. The van der Waals surface area contributed by atoms with Gasteiger partial charge in [-0.3, -0.25) is 0 Å². The van der Waals surface area contributed by atoms with Crippen LogP contribution in [0.5, 0.6) is 0 Å². The number of halogens is 1. The minimum Gasteiger partial charge on any atom is -0.130 e. The summed E-state index contributed by atoms with van der Waals surface area (Å²) in [6.07, 6.45) is 0. The maximum Gasteiger partial charge on any atom is 0.137 e. The molecular weight excluding hydrogens is 268 g/mol. The molecule has 0 heterocycles. The Hall–Kier alpha value is -1.05. The standard InChI is InChI=1S/C17H20ClSi/c1-12-7-5-9-16(14(12)3)19(11-18)17-10-6-8-13(2)15(17)4/h5-10H,11H2,1-4H3. The second kappa shape index (κ2) is 5.94. The van der Waals surface area contributed by atoms with Crippen LogP contribution in [0.2, 0.25) is 0 Å². The largest absolute Gasteiger partial charge is 0.137 e. The van der Waals surface area contributed by atoms with Crippen LogP contribution in [0.3, 0.4) is 0 Å². The first-order valence-electron chi connectivity index (χ1n) is 6.61. The Morgan fingerprint density at radius 2 is 1.21 bits per heavy atom. The normalized spacial score (nSPS) is 11.1. The molecule has 2 aromatic carbocycles. The van der Waals surface area contributed by atoms with Gasteiger partial charge >= 0.3 is 0 Å². The molecule has 0 N–H and O–H groups in total. The Bertz CT molecular complexity index is 538. The van der Waals surface area contributed by atoms with E-state index in [0.29, 0.717) is 0 Å². The van der Waals surface area contributed by atoms with Crippen LogP contribution in [0.15, 0.2) is 36.4 Å². The lowest BCUT2D eigenvalue weighted by Gasteiger charge is -2.19. The molecule has 99 valence electrons. The lowest BCUT2D eigenvalue weighted by Crippen LogP contribution is -2.47. The van der Waals surface area contributed by atoms with Crippen molar-refractivity contribution >= 4 is 30.8 Å². The summed E-state index contributed by atoms with van der Waals surface area (Å²) in [4.78, 5) is 0. The van der Waals surface area contributed by atoms with Crippen LogP contribution >= 0.6 is 11.6 Å². The highest BCUT2D eigenvalue weighted by Crippen LogP contribution is 2.09. The fourth-order valence-corrected chi connectivity index (χ4v) is 5.78. The van der Waals surface area contributed by atoms with Crippen molar-refractivity contribution in [3.63, 3.8) is 0 Å². The summed E-state index contributed by atoms with van der Waals surface area (Å²) in [5, 5.41) is 2.90. The molecule has 0 aromatic heterocycles. The molecule has 1 radical (unpaired) electrons. The fourth-order valence-electron chi connectivity index (χ4n) is 2.45. The van der Waals surface area contributed by atoms with Crippen molar-refractivity contribution in [2.75, 3.05) is 5.50 Å². The summed E-state index contributed by atoms with van der Waals surface area (Å²) in [5.41, 5.74) is 6.24. The molecule has 2 rings (SSSR count). The third-order valence-corrected chi connectivity index (χ3v) is 7.45. The highest BCUT2D eigenvalue weighted by molar-refractivity contribution is 6.90. The van der Waals surface area contributed by atoms with E-state index in [1.54, 1.807) is 0 Å². The molecule has 0 unspecified atom stereocenters. The Balaban J connectivity index is 2.57. The molecular formula is C17H20ClSi. The molecule has 0 aliphatic carbocycles. The maximum atomic E-state index is 6.33. The third kappa shape index (κ3) is 2.77. The fraction of sp³-hybridized carbons (Fsp3) is 0.294. The van der Waals surface area contributed by atoms with E-state index in [0.717, 1.165) is 5.50 Å². The number of rotatable bonds is 3. The highest BCUT2D eigenvalue weighted by Gasteiger charge is 2.20. The van der Waals surface area contributed by atoms with E-state index in [-0.39, 0.29) is 0 Å². The Labute approximate surface area is 123 Å². The zero-order valence-corrected chi connectivity index (χ0v) is 13.8. The third-order valence-electron chi connectivity index (χ3n) is 3.99. The van der Waals surface area contributed by atoms with Crippen LogP contribution in [0, 0.1) is 27.7 Å². The van der Waals surface area contributed by atoms with E-state index in [1.165, 1.54) is 32.6 Å². The van der Waals surface area contributed by atoms with Gasteiger partial charge in [0.05, 0.1) is 0 Å². The van der Waals surface area contributed by atoms with Gasteiger partial charge in [0.1, 0.15) is 8.80 Å². The van der Waals surface area contributed by atoms with Crippen LogP contribution in [0.25, 0.3) is 0 Å². The number of benzene rings is 2. The van der Waals surface area contributed by atoms with E-state index in [2.05, 4.69) is 64.1 Å². The van der Waals surface area contributed by atoms with Gasteiger partial charge in [-0.1, -0.05) is 46.8 Å². The molecule has 0 fully saturated rings. The quantitative estimate of drug-likeness (QED) is 0.600. The molecule has 0 amide bonds. The van der Waals surface area contributed by atoms with Gasteiger partial charge in [0, 0.05) is 5.50 Å². The molecule has 0 bridgehead atoms. The summed E-state index contributed by atoms with van der Waals surface area (Å²) >= 11 is 6.33. The maximum absolute atomic E-state index is 6.33. The van der Waals surface area contributed by atoms with Crippen molar-refractivity contribution in [1.29, 1.82) is 0 Å². The summed E-state index contributed by atoms with van der Waals surface area (Å²) in [7, 11) is -0.878. The lowest BCUT2D eigenvalue weighted by molar-refractivity contribution is 1.35. The monoisotopic (exact) mass is 287 g/mol. The van der Waals surface area contributed by atoms with Gasteiger partial charge in [0.25, 0.3) is 0 Å². The van der Waals surface area contributed by atoms with E-state index in [4.69, 9.17) is 11.6 Å². The molecule has 0 saturated carbocycles. The van der Waals surface area contributed by atoms with Crippen LogP contribution < -0.4 is 10.4 Å². The second-order valence-electron chi connectivity index (χ2n) is 5.11. The van der Waals surface area contributed by atoms with Crippen molar-refractivity contribution in [3.05, 3.63) is 58.7 Å². The van der Waals surface area contributed by atoms with Crippen molar-refractivity contribution < 1.29 is 0 Å². The summed E-state index contributed by atoms with van der Waals surface area (Å²) < 4.78 is 0. The predicted molar refractivity (Wildman–Crippen MR) is 87.6 cm³/mol. The van der Waals surface area contributed by atoms with Crippen molar-refractivity contribution in [3.8, 4) is 0 Å². The van der Waals surface area contributed by atoms with Gasteiger partial charge in [-0.05, 0) is 49.9 Å². The Kier molecular flexibility index (Phi) is 4.49. The Morgan fingerprint density at radius 1 is 0.789 bits per heavy atom. The molecule has 19 heavy (non-hydrogen) atoms. The van der Waals surface area contributed by atoms with Gasteiger partial charge < -0.3 is 0 Å². The molecule has 0 atom stereocenters. The summed E-state index contributed by atoms with van der Waals surface area (Å²) in [6, 6.07) is 13.2. The van der Waals surface area contributed by atoms with E-state index < -0.39 is 8.80 Å². The number of hydrogen-bond donors (Lipinski definition) is 0. The van der Waals surface area contributed by atoms with Gasteiger partial charge in [0.15, 0.2) is 0 Å². The SMILES string of the molecule is Cc1cccc([Si](CCl)c2cccc(C)c2C)c1C. The lowest BCUT2D eigenvalue weighted by atomic mass is 10.1. The minimum absolute atomic E-state index is 0.721. The van der Waals surface area contributed by atoms with E-state index >= 15 is 0 Å². The first-order valence-corrected chi connectivity index (χ1v) is 8.85. The van der Waals surface area contributed by atoms with Gasteiger partial charge in [-0.25, -0.2) is 0 Å². The minimum atomic E-state index is -0.878. The average molecular weight is 288 g/mol. The molecule has 0 aliphatic heterocycles. The van der Waals surface area contributed by atoms with Crippen LogP contribution in [-0.4, -0.2) is 14.3 Å². The molecule has 0 saturated heterocycles. The number of aryl methyl sites for hydroxylation is 2. The zero-order valence-electron chi connectivity index (χ0n) is 12.0. The molecule has 2 aromatic rings. The van der Waals surface area contributed by atoms with Crippen molar-refractivity contribution in [1.82, 2.24) is 0 Å². The van der Waals surface area contributed by atoms with Crippen LogP contribution in [0.1, 0.15) is 22.3 Å². The van der Waals surface area contributed by atoms with Gasteiger partial charge in [-0.15, -0.1) is 11.6 Å². The Morgan fingerprint density at radius 3 is 1.58 bits per heavy atom. The number of hydrogen-bond acceptors (Lipinski definition) is 0. The van der Waals surface area contributed by atoms with Crippen molar-refractivity contribution in [2.24, 2.45) is 0 Å². The van der Waals surface area contributed by atoms with Gasteiger partial charge in [0.2, 0.25) is 0 Å². The number of alkyl halides is 1. The van der Waals surface area contributed by atoms with Crippen LogP contribution in [-0.2, 0) is 0 Å².